The van der Waals surface area contributed by atoms with E-state index in [1.165, 1.54) is 0 Å². The number of alkyl halides is 3. The highest BCUT2D eigenvalue weighted by Gasteiger charge is 2.36. The van der Waals surface area contributed by atoms with Gasteiger partial charge in [0.05, 0.1) is 34.8 Å². The molecule has 2 aromatic rings. The summed E-state index contributed by atoms with van der Waals surface area (Å²) < 4.78 is 5.25. The van der Waals surface area contributed by atoms with Crippen LogP contribution in [0.15, 0.2) is 54.6 Å². The van der Waals surface area contributed by atoms with Crippen LogP contribution in [0.25, 0.3) is 5.57 Å². The lowest BCUT2D eigenvalue weighted by atomic mass is 9.94. The number of amides is 9. The molecule has 0 saturated carbocycles. The Hall–Kier alpha value is -5.63. The maximum absolute atomic E-state index is 14.3. The second-order valence-corrected chi connectivity index (χ2v) is 18.8. The van der Waals surface area contributed by atoms with Gasteiger partial charge in [0.2, 0.25) is 53.2 Å². The number of carbonyl (C=O) groups is 9. The standard InChI is InChI=1S/C50H64Br3N9O10/c1-2-25-72-31-40(47(54)68)61-50(71)39(18-9-12-24-57-45(66)29-53)60-49(70)38(17-8-11-23-56-44(65)28-52)59-48(69)37(16-7-10-22-55-43(64)27-51)58-42(63)20-21-46(67)62-30-32-13-3-4-14-33(32)35-26-36(35)34-15-5-6-19-41(34)62/h1,3-6,13-15,19,26,35,37-40H,7-12,16-18,20-25,27-31H2,(H2,54,68)(H,55,64)(H,56,65)(H,57,66)(H,58,63)(H,59,69)(H,60,70)(H,61,71). The zero-order valence-electron chi connectivity index (χ0n) is 40.0. The molecule has 2 aromatic carbocycles. The molecule has 0 saturated heterocycles. The number of carbonyl (C=O) groups excluding carboxylic acids is 9. The number of allylic oxidation sites excluding steroid dienone is 2. The van der Waals surface area contributed by atoms with Crippen molar-refractivity contribution in [3.05, 3.63) is 71.3 Å². The van der Waals surface area contributed by atoms with Crippen LogP contribution in [-0.2, 0) is 54.4 Å². The molecule has 19 nitrogen and oxygen atoms in total. The molecular formula is C50H64Br3N9O10. The quantitative estimate of drug-likeness (QED) is 0.0301. The van der Waals surface area contributed by atoms with Gasteiger partial charge in [-0.2, -0.15) is 0 Å². The van der Waals surface area contributed by atoms with E-state index in [9.17, 15) is 43.2 Å². The van der Waals surface area contributed by atoms with E-state index >= 15 is 0 Å². The lowest BCUT2D eigenvalue weighted by molar-refractivity contribution is -0.135. The number of fused-ring (bicyclic) bond motifs is 5. The summed E-state index contributed by atoms with van der Waals surface area (Å²) in [5.41, 5.74) is 10.5. The van der Waals surface area contributed by atoms with Gasteiger partial charge in [0.15, 0.2) is 0 Å². The summed E-state index contributed by atoms with van der Waals surface area (Å²) in [5, 5.41) is 19.3. The predicted octanol–water partition coefficient (Wildman–Crippen LogP) is 2.61. The first-order chi connectivity index (χ1) is 34.7. The number of rotatable bonds is 32. The summed E-state index contributed by atoms with van der Waals surface area (Å²) in [4.78, 5) is 120. The van der Waals surface area contributed by atoms with Crippen molar-refractivity contribution < 1.29 is 47.9 Å². The lowest BCUT2D eigenvalue weighted by Gasteiger charge is -2.28. The molecule has 9 amide bonds. The number of anilines is 1. The number of unbranched alkanes of at least 4 members (excludes halogenated alkanes) is 3. The van der Waals surface area contributed by atoms with Crippen molar-refractivity contribution in [3.8, 4) is 12.3 Å². The SMILES string of the molecule is C#CCOCC(NC(=O)C(CCCCNC(=O)CBr)NC(=O)C(CCCCNC(=O)CBr)NC(=O)C(CCCCNC(=O)CBr)NC(=O)CCC(=O)N1Cc2ccccc2C2C=C2c2ccccc21)C(N)=O. The molecule has 1 heterocycles. The summed E-state index contributed by atoms with van der Waals surface area (Å²) in [5.74, 6) is -2.28. The molecule has 9 N–H and O–H groups in total. The van der Waals surface area contributed by atoms with Crippen LogP contribution < -0.4 is 47.9 Å². The van der Waals surface area contributed by atoms with E-state index in [0.29, 0.717) is 51.6 Å². The monoisotopic (exact) mass is 1190 g/mol. The average molecular weight is 1190 g/mol. The van der Waals surface area contributed by atoms with Gasteiger partial charge in [-0.1, -0.05) is 102 Å². The number of benzene rings is 2. The molecule has 72 heavy (non-hydrogen) atoms. The molecular weight excluding hydrogens is 1130 g/mol. The van der Waals surface area contributed by atoms with Crippen LogP contribution in [0.3, 0.4) is 0 Å². The molecule has 22 heteroatoms. The fourth-order valence-electron chi connectivity index (χ4n) is 7.98. The Kier molecular flexibility index (Phi) is 26.0. The van der Waals surface area contributed by atoms with Gasteiger partial charge in [-0.25, -0.2) is 0 Å². The van der Waals surface area contributed by atoms with E-state index in [1.54, 1.807) is 4.90 Å². The van der Waals surface area contributed by atoms with E-state index in [-0.39, 0.29) is 104 Å². The summed E-state index contributed by atoms with van der Waals surface area (Å²) in [7, 11) is 0. The van der Waals surface area contributed by atoms with E-state index in [4.69, 9.17) is 16.9 Å². The highest BCUT2D eigenvalue weighted by atomic mass is 79.9. The van der Waals surface area contributed by atoms with Crippen LogP contribution in [0, 0.1) is 12.3 Å². The Morgan fingerprint density at radius 1 is 0.639 bits per heavy atom. The van der Waals surface area contributed by atoms with Crippen molar-refractivity contribution in [2.75, 3.05) is 53.7 Å². The molecule has 1 aliphatic carbocycles. The van der Waals surface area contributed by atoms with Gasteiger partial charge in [0, 0.05) is 44.0 Å². The maximum Gasteiger partial charge on any atom is 0.243 e. The third kappa shape index (κ3) is 19.8. The Bertz CT molecular complexity index is 2310. The number of hydrogen-bond donors (Lipinski definition) is 8. The van der Waals surface area contributed by atoms with Crippen LogP contribution in [-0.4, -0.2) is 126 Å². The van der Waals surface area contributed by atoms with Gasteiger partial charge in [0.1, 0.15) is 30.8 Å². The average Bonchev–Trinajstić information content (AvgIpc) is 4.17. The maximum atomic E-state index is 14.3. The number of halogens is 3. The van der Waals surface area contributed by atoms with E-state index in [0.717, 1.165) is 28.0 Å². The Morgan fingerprint density at radius 3 is 1.64 bits per heavy atom. The van der Waals surface area contributed by atoms with Gasteiger partial charge in [0.25, 0.3) is 0 Å². The lowest BCUT2D eigenvalue weighted by Crippen LogP contribution is -2.58. The molecule has 4 rings (SSSR count). The minimum absolute atomic E-state index is 0.0460. The zero-order chi connectivity index (χ0) is 52.4. The van der Waals surface area contributed by atoms with Crippen LogP contribution in [0.4, 0.5) is 5.69 Å². The molecule has 1 aliphatic heterocycles. The summed E-state index contributed by atoms with van der Waals surface area (Å²) >= 11 is 9.31. The zero-order valence-corrected chi connectivity index (χ0v) is 44.8. The van der Waals surface area contributed by atoms with Crippen molar-refractivity contribution in [1.29, 1.82) is 0 Å². The molecule has 2 aliphatic rings. The molecule has 5 atom stereocenters. The van der Waals surface area contributed by atoms with Gasteiger partial charge in [-0.3, -0.25) is 43.2 Å². The first-order valence-corrected chi connectivity index (χ1v) is 27.3. The first kappa shape index (κ1) is 58.9. The van der Waals surface area contributed by atoms with Gasteiger partial charge in [-0.05, 0) is 80.6 Å². The topological polar surface area (TPSA) is 276 Å². The van der Waals surface area contributed by atoms with Crippen molar-refractivity contribution >= 4 is 112 Å². The number of nitrogens with zero attached hydrogens (tertiary/aromatic N) is 1. The van der Waals surface area contributed by atoms with Crippen LogP contribution in [0.5, 0.6) is 0 Å². The van der Waals surface area contributed by atoms with Crippen molar-refractivity contribution in [2.45, 2.75) is 107 Å². The molecule has 5 unspecified atom stereocenters. The second kappa shape index (κ2) is 31.7. The van der Waals surface area contributed by atoms with E-state index in [1.807, 2.05) is 42.5 Å². The normalized spacial score (nSPS) is 14.8. The number of hydrogen-bond acceptors (Lipinski definition) is 10. The predicted molar refractivity (Wildman–Crippen MR) is 283 cm³/mol. The third-order valence-corrected chi connectivity index (χ3v) is 13.3. The molecule has 0 aromatic heterocycles. The number of primary amides is 1. The van der Waals surface area contributed by atoms with E-state index in [2.05, 4.69) is 103 Å². The Morgan fingerprint density at radius 2 is 1.12 bits per heavy atom. The second-order valence-electron chi connectivity index (χ2n) is 17.2. The number of terminal acetylenes is 1. The summed E-state index contributed by atoms with van der Waals surface area (Å²) in [6, 6.07) is 10.6. The first-order valence-electron chi connectivity index (χ1n) is 23.9. The van der Waals surface area contributed by atoms with Gasteiger partial charge in [-0.15, -0.1) is 6.42 Å². The molecule has 0 spiro atoms. The van der Waals surface area contributed by atoms with Gasteiger partial charge >= 0.3 is 0 Å². The van der Waals surface area contributed by atoms with E-state index < -0.39 is 53.7 Å². The summed E-state index contributed by atoms with van der Waals surface area (Å²) in [6.45, 7) is 0.671. The number of nitrogens with one attached hydrogen (secondary N) is 7. The smallest absolute Gasteiger partial charge is 0.243 e. The van der Waals surface area contributed by atoms with Crippen LogP contribution in [0.2, 0.25) is 0 Å². The molecule has 0 radical (unpaired) electrons. The molecule has 390 valence electrons. The fourth-order valence-corrected chi connectivity index (χ4v) is 8.58. The van der Waals surface area contributed by atoms with Crippen molar-refractivity contribution in [1.82, 2.24) is 37.2 Å². The number of ether oxygens (including phenoxy) is 1. The van der Waals surface area contributed by atoms with Gasteiger partial charge < -0.3 is 52.6 Å². The number of nitrogens with two attached hydrogens (primary N) is 1. The van der Waals surface area contributed by atoms with Crippen molar-refractivity contribution in [3.63, 3.8) is 0 Å². The minimum atomic E-state index is -1.30. The Labute approximate surface area is 445 Å². The largest absolute Gasteiger partial charge is 0.368 e. The fraction of sp³-hybridized carbons (Fsp3) is 0.500. The summed E-state index contributed by atoms with van der Waals surface area (Å²) in [6.07, 6.45) is 9.53. The Balaban J connectivity index is 1.53. The highest BCUT2D eigenvalue weighted by molar-refractivity contribution is 9.09. The van der Waals surface area contributed by atoms with Crippen molar-refractivity contribution in [2.24, 2.45) is 5.73 Å². The highest BCUT2D eigenvalue weighted by Crippen LogP contribution is 2.51. The van der Waals surface area contributed by atoms with Crippen LogP contribution >= 0.6 is 47.8 Å². The third-order valence-electron chi connectivity index (χ3n) is 11.8. The minimum Gasteiger partial charge on any atom is -0.368 e. The molecule has 0 bridgehead atoms. The molecule has 0 fully saturated rings. The number of para-hydroxylation sites is 1. The van der Waals surface area contributed by atoms with Crippen LogP contribution in [0.1, 0.15) is 93.2 Å².